The lowest BCUT2D eigenvalue weighted by molar-refractivity contribution is -0.138. The molecule has 94 valence electrons. The average molecular weight is 280 g/mol. The summed E-state index contributed by atoms with van der Waals surface area (Å²) in [6.07, 6.45) is 2.97. The number of aliphatic carboxylic acids is 1. The topological polar surface area (TPSA) is 118 Å². The second kappa shape index (κ2) is 6.33. The number of aromatic nitrogens is 4. The van der Waals surface area contributed by atoms with E-state index in [2.05, 4.69) is 19.9 Å². The van der Waals surface area contributed by atoms with Crippen molar-refractivity contribution < 1.29 is 9.90 Å². The lowest BCUT2D eigenvalue weighted by Crippen LogP contribution is -2.32. The van der Waals surface area contributed by atoms with Gasteiger partial charge in [-0.2, -0.15) is 0 Å². The van der Waals surface area contributed by atoms with E-state index in [1.165, 1.54) is 12.7 Å². The van der Waals surface area contributed by atoms with Crippen molar-refractivity contribution in [3.8, 4) is 0 Å². The normalized spacial score (nSPS) is 11.4. The monoisotopic (exact) mass is 279 g/mol. The lowest BCUT2D eigenvalue weighted by Gasteiger charge is -2.04. The Morgan fingerprint density at radius 2 is 2.12 bits per heavy atom. The fraction of sp³-hybridized carbons (Fsp3) is 0.250. The quantitative estimate of drug-likeness (QED) is 0.736. The van der Waals surface area contributed by atoms with Crippen LogP contribution in [0.1, 0.15) is 5.69 Å². The highest BCUT2D eigenvalue weighted by atomic mass is 35.5. The van der Waals surface area contributed by atoms with Crippen LogP contribution in [0.4, 0.5) is 0 Å². The fourth-order valence-corrected chi connectivity index (χ4v) is 1.26. The van der Waals surface area contributed by atoms with Gasteiger partial charge in [0, 0.05) is 6.42 Å². The van der Waals surface area contributed by atoms with E-state index in [0.717, 1.165) is 0 Å². The van der Waals surface area contributed by atoms with E-state index >= 15 is 0 Å². The highest BCUT2D eigenvalue weighted by Crippen LogP contribution is 2.10. The van der Waals surface area contributed by atoms with Gasteiger partial charge in [0.2, 0.25) is 0 Å². The third-order valence-corrected chi connectivity index (χ3v) is 2.02. The molecule has 9 heteroatoms. The van der Waals surface area contributed by atoms with Crippen LogP contribution in [-0.4, -0.2) is 37.1 Å². The summed E-state index contributed by atoms with van der Waals surface area (Å²) in [4.78, 5) is 25.3. The molecule has 0 saturated heterocycles. The molecule has 0 amide bonds. The van der Waals surface area contributed by atoms with Crippen LogP contribution >= 0.6 is 24.8 Å². The second-order valence-corrected chi connectivity index (χ2v) is 3.07. The van der Waals surface area contributed by atoms with E-state index < -0.39 is 12.0 Å². The Balaban J connectivity index is 0.00000128. The van der Waals surface area contributed by atoms with Gasteiger partial charge in [-0.3, -0.25) is 4.79 Å². The number of hydrogen-bond donors (Lipinski definition) is 3. The van der Waals surface area contributed by atoms with Crippen molar-refractivity contribution in [2.75, 3.05) is 0 Å². The molecule has 0 aliphatic heterocycles. The largest absolute Gasteiger partial charge is 0.480 e. The van der Waals surface area contributed by atoms with Crippen LogP contribution in [0.3, 0.4) is 0 Å². The molecule has 0 aliphatic carbocycles. The minimum absolute atomic E-state index is 0. The Hall–Kier alpha value is -1.44. The minimum Gasteiger partial charge on any atom is -0.480 e. The number of aromatic amines is 1. The van der Waals surface area contributed by atoms with Gasteiger partial charge in [0.15, 0.2) is 5.65 Å². The maximum Gasteiger partial charge on any atom is 0.320 e. The summed E-state index contributed by atoms with van der Waals surface area (Å²) in [5, 5.41) is 8.67. The number of imidazole rings is 1. The van der Waals surface area contributed by atoms with Gasteiger partial charge in [-0.15, -0.1) is 24.8 Å². The molecule has 1 atom stereocenters. The summed E-state index contributed by atoms with van der Waals surface area (Å²) >= 11 is 0. The molecule has 2 heterocycles. The van der Waals surface area contributed by atoms with E-state index in [9.17, 15) is 4.79 Å². The predicted molar refractivity (Wildman–Crippen MR) is 65.5 cm³/mol. The number of carboxylic acids is 1. The molecule has 0 fully saturated rings. The van der Waals surface area contributed by atoms with Gasteiger partial charge in [-0.25, -0.2) is 15.0 Å². The molecule has 2 rings (SSSR count). The number of nitrogens with zero attached hydrogens (tertiary/aromatic N) is 3. The van der Waals surface area contributed by atoms with Crippen molar-refractivity contribution >= 4 is 41.9 Å². The van der Waals surface area contributed by atoms with Gasteiger partial charge in [0.05, 0.1) is 12.0 Å². The van der Waals surface area contributed by atoms with Crippen molar-refractivity contribution in [2.24, 2.45) is 5.73 Å². The minimum atomic E-state index is -1.06. The number of fused-ring (bicyclic) bond motifs is 1. The van der Waals surface area contributed by atoms with Crippen LogP contribution in [0.5, 0.6) is 0 Å². The van der Waals surface area contributed by atoms with Crippen molar-refractivity contribution in [3.05, 3.63) is 18.3 Å². The summed E-state index contributed by atoms with van der Waals surface area (Å²) in [5.74, 6) is -1.06. The van der Waals surface area contributed by atoms with Gasteiger partial charge in [-0.05, 0) is 0 Å². The predicted octanol–water partition coefficient (Wildman–Crippen LogP) is 0.151. The Kier molecular flexibility index (Phi) is 5.80. The van der Waals surface area contributed by atoms with Crippen LogP contribution in [0.2, 0.25) is 0 Å². The fourth-order valence-electron chi connectivity index (χ4n) is 1.26. The first-order chi connectivity index (χ1) is 7.18. The molecule has 0 aliphatic rings. The SMILES string of the molecule is Cl.Cl.N[C@@H](Cc1ncnc2[nH]cnc12)C(=O)O. The first kappa shape index (κ1) is 15.6. The maximum absolute atomic E-state index is 10.6. The molecule has 0 unspecified atom stereocenters. The molecule has 0 bridgehead atoms. The number of rotatable bonds is 3. The number of carboxylic acid groups (broad SMARTS) is 1. The molecule has 2 aromatic rings. The van der Waals surface area contributed by atoms with E-state index in [0.29, 0.717) is 16.9 Å². The summed E-state index contributed by atoms with van der Waals surface area (Å²) in [7, 11) is 0. The van der Waals surface area contributed by atoms with Crippen LogP contribution in [0, 0.1) is 0 Å². The molecule has 0 saturated carbocycles. The Morgan fingerprint density at radius 1 is 1.41 bits per heavy atom. The van der Waals surface area contributed by atoms with E-state index in [1.807, 2.05) is 0 Å². The van der Waals surface area contributed by atoms with Crippen LogP contribution < -0.4 is 5.73 Å². The number of nitrogens with one attached hydrogen (secondary N) is 1. The lowest BCUT2D eigenvalue weighted by atomic mass is 10.1. The van der Waals surface area contributed by atoms with Gasteiger partial charge in [0.25, 0.3) is 0 Å². The maximum atomic E-state index is 10.6. The smallest absolute Gasteiger partial charge is 0.320 e. The molecule has 0 aromatic carbocycles. The van der Waals surface area contributed by atoms with Crippen molar-refractivity contribution in [2.45, 2.75) is 12.5 Å². The average Bonchev–Trinajstić information content (AvgIpc) is 2.66. The van der Waals surface area contributed by atoms with Crippen LogP contribution in [0.25, 0.3) is 11.2 Å². The van der Waals surface area contributed by atoms with Gasteiger partial charge < -0.3 is 15.8 Å². The number of H-pyrrole nitrogens is 1. The summed E-state index contributed by atoms with van der Waals surface area (Å²) in [6.45, 7) is 0. The van der Waals surface area contributed by atoms with Crippen molar-refractivity contribution in [1.29, 1.82) is 0 Å². The van der Waals surface area contributed by atoms with E-state index in [1.54, 1.807) is 0 Å². The molecule has 2 aromatic heterocycles. The molecule has 4 N–H and O–H groups in total. The highest BCUT2D eigenvalue weighted by molar-refractivity contribution is 5.85. The standard InChI is InChI=1S/C8H9N5O2.2ClH/c9-4(8(14)15)1-5-6-7(12-2-10-5)13-3-11-6;;/h2-4H,1,9H2,(H,14,15)(H,10,11,12,13);2*1H/t4-;;/m0../s1. The number of carbonyl (C=O) groups is 1. The Bertz CT molecular complexity index is 503. The molecule has 0 spiro atoms. The van der Waals surface area contributed by atoms with Gasteiger partial charge in [-0.1, -0.05) is 0 Å². The van der Waals surface area contributed by atoms with Gasteiger partial charge in [0.1, 0.15) is 17.9 Å². The third kappa shape index (κ3) is 3.26. The first-order valence-corrected chi connectivity index (χ1v) is 4.30. The molecular weight excluding hydrogens is 269 g/mol. The number of nitrogens with two attached hydrogens (primary N) is 1. The van der Waals surface area contributed by atoms with E-state index in [-0.39, 0.29) is 31.2 Å². The Labute approximate surface area is 109 Å². The second-order valence-electron chi connectivity index (χ2n) is 3.07. The zero-order valence-electron chi connectivity index (χ0n) is 8.53. The first-order valence-electron chi connectivity index (χ1n) is 4.30. The summed E-state index contributed by atoms with van der Waals surface area (Å²) in [6, 6.07) is -0.972. The van der Waals surface area contributed by atoms with Crippen LogP contribution in [-0.2, 0) is 11.2 Å². The number of hydrogen-bond acceptors (Lipinski definition) is 5. The summed E-state index contributed by atoms with van der Waals surface area (Å²) in [5.41, 5.74) is 7.09. The Morgan fingerprint density at radius 3 is 2.76 bits per heavy atom. The highest BCUT2D eigenvalue weighted by Gasteiger charge is 2.15. The van der Waals surface area contributed by atoms with Crippen molar-refractivity contribution in [1.82, 2.24) is 19.9 Å². The van der Waals surface area contributed by atoms with Crippen LogP contribution in [0.15, 0.2) is 12.7 Å². The molecule has 7 nitrogen and oxygen atoms in total. The number of halogens is 2. The molecule has 17 heavy (non-hydrogen) atoms. The molecule has 0 radical (unpaired) electrons. The zero-order chi connectivity index (χ0) is 10.8. The molecular formula is C8H11Cl2N5O2. The summed E-state index contributed by atoms with van der Waals surface area (Å²) < 4.78 is 0. The van der Waals surface area contributed by atoms with E-state index in [4.69, 9.17) is 10.8 Å². The van der Waals surface area contributed by atoms with Crippen molar-refractivity contribution in [3.63, 3.8) is 0 Å². The van der Waals surface area contributed by atoms with Gasteiger partial charge >= 0.3 is 5.97 Å². The third-order valence-electron chi connectivity index (χ3n) is 2.02. The zero-order valence-corrected chi connectivity index (χ0v) is 10.2.